The molecule has 0 aromatic carbocycles. The molecule has 3 heterocycles. The average Bonchev–Trinajstić information content (AvgIpc) is 2.90. The summed E-state index contributed by atoms with van der Waals surface area (Å²) in [7, 11) is 0. The molecule has 1 aliphatic carbocycles. The van der Waals surface area contributed by atoms with E-state index in [-0.39, 0.29) is 0 Å². The minimum atomic E-state index is 0.635. The number of anilines is 1. The summed E-state index contributed by atoms with van der Waals surface area (Å²) in [6.45, 7) is 6.32. The van der Waals surface area contributed by atoms with E-state index in [1.165, 1.54) is 44.3 Å². The van der Waals surface area contributed by atoms with E-state index >= 15 is 0 Å². The zero-order valence-electron chi connectivity index (χ0n) is 13.3. The van der Waals surface area contributed by atoms with Crippen molar-refractivity contribution in [2.24, 2.45) is 0 Å². The predicted molar refractivity (Wildman–Crippen MR) is 86.3 cm³/mol. The number of rotatable bonds is 3. The minimum absolute atomic E-state index is 0.635. The monoisotopic (exact) mass is 302 g/mol. The van der Waals surface area contributed by atoms with Gasteiger partial charge in [0.05, 0.1) is 6.61 Å². The summed E-state index contributed by atoms with van der Waals surface area (Å²) in [5, 5.41) is 0. The Bertz CT molecular complexity index is 499. The van der Waals surface area contributed by atoms with Crippen molar-refractivity contribution < 1.29 is 4.74 Å². The van der Waals surface area contributed by atoms with Crippen LogP contribution in [0.1, 0.15) is 43.7 Å². The molecule has 2 aliphatic heterocycles. The summed E-state index contributed by atoms with van der Waals surface area (Å²) in [6, 6.07) is 2.87. The van der Waals surface area contributed by atoms with Gasteiger partial charge in [-0.25, -0.2) is 9.97 Å². The summed E-state index contributed by atoms with van der Waals surface area (Å²) >= 11 is 0. The molecule has 0 radical (unpaired) electrons. The van der Waals surface area contributed by atoms with Crippen LogP contribution in [0.4, 0.5) is 5.82 Å². The summed E-state index contributed by atoms with van der Waals surface area (Å²) in [5.74, 6) is 1.81. The average molecular weight is 302 g/mol. The largest absolute Gasteiger partial charge is 0.380 e. The number of ether oxygens (including phenoxy) is 1. The zero-order chi connectivity index (χ0) is 14.8. The summed E-state index contributed by atoms with van der Waals surface area (Å²) in [5.41, 5.74) is 1.25. The third-order valence-corrected chi connectivity index (χ3v) is 5.47. The van der Waals surface area contributed by atoms with E-state index in [1.54, 1.807) is 6.33 Å². The van der Waals surface area contributed by atoms with E-state index in [4.69, 9.17) is 4.74 Å². The smallest absolute Gasteiger partial charge is 0.132 e. The fraction of sp³-hybridized carbons (Fsp3) is 0.765. The Morgan fingerprint density at radius 2 is 1.95 bits per heavy atom. The van der Waals surface area contributed by atoms with Crippen LogP contribution in [-0.4, -0.2) is 60.3 Å². The van der Waals surface area contributed by atoms with Crippen molar-refractivity contribution in [3.63, 3.8) is 0 Å². The molecule has 4 rings (SSSR count). The third-order valence-electron chi connectivity index (χ3n) is 5.47. The summed E-state index contributed by atoms with van der Waals surface area (Å²) < 4.78 is 5.55. The first kappa shape index (κ1) is 14.4. The van der Waals surface area contributed by atoms with Gasteiger partial charge in [0, 0.05) is 56.5 Å². The lowest BCUT2D eigenvalue weighted by molar-refractivity contribution is 0.148. The van der Waals surface area contributed by atoms with E-state index in [2.05, 4.69) is 25.8 Å². The van der Waals surface area contributed by atoms with Gasteiger partial charge in [0.2, 0.25) is 0 Å². The fourth-order valence-electron chi connectivity index (χ4n) is 3.80. The molecule has 1 aromatic rings. The lowest BCUT2D eigenvalue weighted by atomic mass is 9.83. The molecule has 3 fully saturated rings. The molecule has 1 saturated carbocycles. The summed E-state index contributed by atoms with van der Waals surface area (Å²) in [6.07, 6.45) is 8.11. The Balaban J connectivity index is 1.42. The van der Waals surface area contributed by atoms with Crippen LogP contribution in [0.25, 0.3) is 0 Å². The first-order chi connectivity index (χ1) is 10.9. The van der Waals surface area contributed by atoms with E-state index in [0.29, 0.717) is 12.0 Å². The molecule has 0 spiro atoms. The van der Waals surface area contributed by atoms with Gasteiger partial charge < -0.3 is 9.64 Å². The van der Waals surface area contributed by atoms with Gasteiger partial charge in [-0.2, -0.15) is 0 Å². The second kappa shape index (κ2) is 6.50. The molecular weight excluding hydrogens is 276 g/mol. The summed E-state index contributed by atoms with van der Waals surface area (Å²) in [4.78, 5) is 14.1. The first-order valence-corrected chi connectivity index (χ1v) is 8.79. The number of aromatic nitrogens is 2. The van der Waals surface area contributed by atoms with Crippen LogP contribution in [0.15, 0.2) is 12.4 Å². The molecule has 1 atom stereocenters. The number of hydrogen-bond acceptors (Lipinski definition) is 5. The molecule has 120 valence electrons. The van der Waals surface area contributed by atoms with Crippen molar-refractivity contribution >= 4 is 5.82 Å². The third kappa shape index (κ3) is 2.97. The van der Waals surface area contributed by atoms with Gasteiger partial charge >= 0.3 is 0 Å². The Hall–Kier alpha value is -1.20. The highest BCUT2D eigenvalue weighted by molar-refractivity contribution is 5.40. The molecule has 1 aromatic heterocycles. The van der Waals surface area contributed by atoms with Gasteiger partial charge in [0.15, 0.2) is 0 Å². The van der Waals surface area contributed by atoms with Crippen LogP contribution in [0.3, 0.4) is 0 Å². The van der Waals surface area contributed by atoms with Gasteiger partial charge in [0.25, 0.3) is 0 Å². The molecule has 5 nitrogen and oxygen atoms in total. The van der Waals surface area contributed by atoms with Crippen molar-refractivity contribution in [3.05, 3.63) is 18.1 Å². The molecule has 0 amide bonds. The predicted octanol–water partition coefficient (Wildman–Crippen LogP) is 2.05. The molecule has 1 unspecified atom stereocenters. The lowest BCUT2D eigenvalue weighted by Crippen LogP contribution is -2.38. The lowest BCUT2D eigenvalue weighted by Gasteiger charge is -2.28. The topological polar surface area (TPSA) is 41.5 Å². The molecule has 0 bridgehead atoms. The van der Waals surface area contributed by atoms with Gasteiger partial charge in [-0.05, 0) is 25.7 Å². The number of nitrogens with zero attached hydrogens (tertiary/aromatic N) is 4. The van der Waals surface area contributed by atoms with Crippen LogP contribution in [-0.2, 0) is 4.74 Å². The van der Waals surface area contributed by atoms with E-state index in [0.717, 1.165) is 38.7 Å². The normalized spacial score (nSPS) is 27.6. The molecule has 5 heteroatoms. The van der Waals surface area contributed by atoms with Crippen LogP contribution in [0.5, 0.6) is 0 Å². The van der Waals surface area contributed by atoms with Crippen LogP contribution >= 0.6 is 0 Å². The van der Waals surface area contributed by atoms with Gasteiger partial charge in [-0.3, -0.25) is 4.90 Å². The zero-order valence-corrected chi connectivity index (χ0v) is 13.3. The highest BCUT2D eigenvalue weighted by atomic mass is 16.5. The van der Waals surface area contributed by atoms with Crippen LogP contribution < -0.4 is 4.90 Å². The van der Waals surface area contributed by atoms with Crippen LogP contribution in [0, 0.1) is 0 Å². The molecule has 0 N–H and O–H groups in total. The van der Waals surface area contributed by atoms with E-state index in [9.17, 15) is 0 Å². The maximum absolute atomic E-state index is 5.55. The minimum Gasteiger partial charge on any atom is -0.380 e. The van der Waals surface area contributed by atoms with Crippen molar-refractivity contribution in [3.8, 4) is 0 Å². The highest BCUT2D eigenvalue weighted by Gasteiger charge is 2.26. The Morgan fingerprint density at radius 3 is 2.73 bits per heavy atom. The Morgan fingerprint density at radius 1 is 1.00 bits per heavy atom. The van der Waals surface area contributed by atoms with Gasteiger partial charge in [0.1, 0.15) is 12.1 Å². The van der Waals surface area contributed by atoms with Crippen molar-refractivity contribution in [1.29, 1.82) is 0 Å². The van der Waals surface area contributed by atoms with Crippen molar-refractivity contribution in [1.82, 2.24) is 14.9 Å². The first-order valence-electron chi connectivity index (χ1n) is 8.79. The molecule has 22 heavy (non-hydrogen) atoms. The standard InChI is InChI=1S/C17H26N4O/c1-3-14(4-1)16-11-17(19-13-18-16)21-7-2-6-20(8-9-21)15-5-10-22-12-15/h11,13-15H,1-10,12H2. The second-order valence-electron chi connectivity index (χ2n) is 6.82. The number of hydrogen-bond donors (Lipinski definition) is 0. The fourth-order valence-corrected chi connectivity index (χ4v) is 3.80. The van der Waals surface area contributed by atoms with Crippen molar-refractivity contribution in [2.75, 3.05) is 44.3 Å². The molecule has 3 aliphatic rings. The van der Waals surface area contributed by atoms with Gasteiger partial charge in [-0.15, -0.1) is 0 Å². The maximum Gasteiger partial charge on any atom is 0.132 e. The SMILES string of the molecule is c1nc(C2CCC2)cc(N2CCCN(C3CCOC3)CC2)n1. The molecule has 2 saturated heterocycles. The van der Waals surface area contributed by atoms with Gasteiger partial charge in [-0.1, -0.05) is 6.42 Å². The quantitative estimate of drug-likeness (QED) is 0.855. The Kier molecular flexibility index (Phi) is 4.26. The second-order valence-corrected chi connectivity index (χ2v) is 6.82. The Labute approximate surface area is 132 Å². The highest BCUT2D eigenvalue weighted by Crippen LogP contribution is 2.35. The van der Waals surface area contributed by atoms with Crippen molar-refractivity contribution in [2.45, 2.75) is 44.1 Å². The maximum atomic E-state index is 5.55. The van der Waals surface area contributed by atoms with Crippen LogP contribution in [0.2, 0.25) is 0 Å². The van der Waals surface area contributed by atoms with E-state index < -0.39 is 0 Å². The molecular formula is C17H26N4O. The van der Waals surface area contributed by atoms with E-state index in [1.807, 2.05) is 0 Å².